The van der Waals surface area contributed by atoms with Crippen LogP contribution in [-0.2, 0) is 16.9 Å². The maximum atomic E-state index is 11.0. The molecule has 12 heavy (non-hydrogen) atoms. The zero-order chi connectivity index (χ0) is 9.35. The van der Waals surface area contributed by atoms with Gasteiger partial charge in [-0.1, -0.05) is 0 Å². The Morgan fingerprint density at radius 3 is 2.42 bits per heavy atom. The minimum absolute atomic E-state index is 0.0930. The average molecular weight is 188 g/mol. The van der Waals surface area contributed by atoms with Gasteiger partial charge in [-0.25, -0.2) is 13.4 Å². The Morgan fingerprint density at radius 1 is 1.58 bits per heavy atom. The van der Waals surface area contributed by atoms with E-state index < -0.39 is 9.84 Å². The van der Waals surface area contributed by atoms with Gasteiger partial charge in [0.15, 0.2) is 6.29 Å². The molecule has 0 N–H and O–H groups in total. The quantitative estimate of drug-likeness (QED) is 0.594. The lowest BCUT2D eigenvalue weighted by atomic mass is 10.5. The van der Waals surface area contributed by atoms with Crippen LogP contribution in [0.15, 0.2) is 11.4 Å². The molecule has 0 fully saturated rings. The molecule has 0 aliphatic rings. The van der Waals surface area contributed by atoms with E-state index in [0.29, 0.717) is 6.29 Å². The second-order valence-corrected chi connectivity index (χ2v) is 4.32. The number of nitrogens with zero attached hydrogens (tertiary/aromatic N) is 2. The molecule has 1 rings (SSSR count). The summed E-state index contributed by atoms with van der Waals surface area (Å²) in [5.74, 6) is 0. The third kappa shape index (κ3) is 1.38. The molecule has 0 aliphatic carbocycles. The van der Waals surface area contributed by atoms with Crippen LogP contribution < -0.4 is 0 Å². The van der Waals surface area contributed by atoms with E-state index >= 15 is 0 Å². The number of sulfone groups is 1. The summed E-state index contributed by atoms with van der Waals surface area (Å²) in [7, 11) is -1.85. The SMILES string of the molecule is Cn1c(C=O)cnc1S(C)(=O)=O. The van der Waals surface area contributed by atoms with Gasteiger partial charge in [0.25, 0.3) is 0 Å². The zero-order valence-corrected chi connectivity index (χ0v) is 7.50. The predicted octanol–water partition coefficient (Wildman–Crippen LogP) is -0.364. The van der Waals surface area contributed by atoms with E-state index in [1.54, 1.807) is 0 Å². The highest BCUT2D eigenvalue weighted by atomic mass is 32.2. The van der Waals surface area contributed by atoms with Crippen LogP contribution in [0.1, 0.15) is 10.5 Å². The first kappa shape index (κ1) is 8.92. The van der Waals surface area contributed by atoms with Crippen molar-refractivity contribution in [2.75, 3.05) is 6.26 Å². The van der Waals surface area contributed by atoms with Gasteiger partial charge in [-0.3, -0.25) is 4.79 Å². The maximum absolute atomic E-state index is 11.0. The van der Waals surface area contributed by atoms with Crippen molar-refractivity contribution in [3.63, 3.8) is 0 Å². The van der Waals surface area contributed by atoms with E-state index in [4.69, 9.17) is 0 Å². The van der Waals surface area contributed by atoms with Crippen molar-refractivity contribution in [2.24, 2.45) is 7.05 Å². The summed E-state index contributed by atoms with van der Waals surface area (Å²) >= 11 is 0. The molecule has 6 heteroatoms. The van der Waals surface area contributed by atoms with Crippen molar-refractivity contribution in [1.29, 1.82) is 0 Å². The highest BCUT2D eigenvalue weighted by Gasteiger charge is 2.15. The smallest absolute Gasteiger partial charge is 0.227 e. The molecule has 0 radical (unpaired) electrons. The van der Waals surface area contributed by atoms with Gasteiger partial charge >= 0.3 is 0 Å². The summed E-state index contributed by atoms with van der Waals surface area (Å²) < 4.78 is 23.2. The van der Waals surface area contributed by atoms with Gasteiger partial charge in [0, 0.05) is 13.3 Å². The number of rotatable bonds is 2. The highest BCUT2D eigenvalue weighted by molar-refractivity contribution is 7.90. The molecule has 66 valence electrons. The van der Waals surface area contributed by atoms with Gasteiger partial charge in [0.1, 0.15) is 5.69 Å². The molecule has 0 atom stereocenters. The fraction of sp³-hybridized carbons (Fsp3) is 0.333. The van der Waals surface area contributed by atoms with E-state index in [9.17, 15) is 13.2 Å². The Hall–Kier alpha value is -1.17. The standard InChI is InChI=1S/C6H8N2O3S/c1-8-5(4-9)3-7-6(8)12(2,10)11/h3-4H,1-2H3. The zero-order valence-electron chi connectivity index (χ0n) is 6.68. The Balaban J connectivity index is 3.39. The van der Waals surface area contributed by atoms with Crippen LogP contribution in [-0.4, -0.2) is 30.5 Å². The Labute approximate surface area is 70.0 Å². The van der Waals surface area contributed by atoms with Crippen LogP contribution in [0.5, 0.6) is 0 Å². The minimum Gasteiger partial charge on any atom is -0.316 e. The average Bonchev–Trinajstić information content (AvgIpc) is 2.29. The monoisotopic (exact) mass is 188 g/mol. The third-order valence-corrected chi connectivity index (χ3v) is 2.48. The first-order valence-corrected chi connectivity index (χ1v) is 5.03. The van der Waals surface area contributed by atoms with Gasteiger partial charge in [-0.2, -0.15) is 0 Å². The van der Waals surface area contributed by atoms with Crippen molar-refractivity contribution in [3.05, 3.63) is 11.9 Å². The Kier molecular flexibility index (Phi) is 2.01. The van der Waals surface area contributed by atoms with Crippen LogP contribution in [0.25, 0.3) is 0 Å². The number of aldehydes is 1. The first-order chi connectivity index (χ1) is 5.46. The summed E-state index contributed by atoms with van der Waals surface area (Å²) in [5, 5.41) is -0.0930. The molecule has 0 unspecified atom stereocenters. The molecule has 0 spiro atoms. The number of aromatic nitrogens is 2. The lowest BCUT2D eigenvalue weighted by Gasteiger charge is -1.98. The Morgan fingerprint density at radius 2 is 2.17 bits per heavy atom. The topological polar surface area (TPSA) is 69.0 Å². The fourth-order valence-electron chi connectivity index (χ4n) is 0.859. The molecular formula is C6H8N2O3S. The second-order valence-electron chi connectivity index (χ2n) is 2.41. The summed E-state index contributed by atoms with van der Waals surface area (Å²) in [6, 6.07) is 0. The maximum Gasteiger partial charge on any atom is 0.227 e. The van der Waals surface area contributed by atoms with E-state index in [1.165, 1.54) is 17.8 Å². The molecule has 0 aromatic carbocycles. The van der Waals surface area contributed by atoms with E-state index in [0.717, 1.165) is 6.26 Å². The number of carbonyl (C=O) groups excluding carboxylic acids is 1. The normalized spacial score (nSPS) is 11.5. The molecule has 1 heterocycles. The number of carbonyl (C=O) groups is 1. The summed E-state index contributed by atoms with van der Waals surface area (Å²) in [4.78, 5) is 13.9. The van der Waals surface area contributed by atoms with Crippen molar-refractivity contribution in [1.82, 2.24) is 9.55 Å². The number of hydrogen-bond donors (Lipinski definition) is 0. The summed E-state index contributed by atoms with van der Waals surface area (Å²) in [6.45, 7) is 0. The van der Waals surface area contributed by atoms with Crippen LogP contribution in [0, 0.1) is 0 Å². The molecule has 0 saturated heterocycles. The lowest BCUT2D eigenvalue weighted by Crippen LogP contribution is -2.07. The van der Waals surface area contributed by atoms with E-state index in [1.807, 2.05) is 0 Å². The minimum atomic E-state index is -3.33. The van der Waals surface area contributed by atoms with Crippen LogP contribution in [0.2, 0.25) is 0 Å². The van der Waals surface area contributed by atoms with E-state index in [2.05, 4.69) is 4.98 Å². The molecule has 0 bridgehead atoms. The van der Waals surface area contributed by atoms with Gasteiger partial charge in [-0.05, 0) is 0 Å². The largest absolute Gasteiger partial charge is 0.316 e. The summed E-state index contributed by atoms with van der Waals surface area (Å²) in [6.07, 6.45) is 2.83. The van der Waals surface area contributed by atoms with Crippen molar-refractivity contribution in [2.45, 2.75) is 5.16 Å². The van der Waals surface area contributed by atoms with Crippen LogP contribution >= 0.6 is 0 Å². The molecule has 1 aromatic rings. The van der Waals surface area contributed by atoms with Crippen LogP contribution in [0.3, 0.4) is 0 Å². The predicted molar refractivity (Wildman–Crippen MR) is 41.7 cm³/mol. The van der Waals surface area contributed by atoms with Gasteiger partial charge in [0.2, 0.25) is 15.0 Å². The van der Waals surface area contributed by atoms with Gasteiger partial charge in [-0.15, -0.1) is 0 Å². The fourth-order valence-corrected chi connectivity index (χ4v) is 1.71. The van der Waals surface area contributed by atoms with Crippen LogP contribution in [0.4, 0.5) is 0 Å². The Bertz CT molecular complexity index is 404. The van der Waals surface area contributed by atoms with Gasteiger partial charge in [0.05, 0.1) is 6.20 Å². The van der Waals surface area contributed by atoms with Crippen molar-refractivity contribution >= 4 is 16.1 Å². The van der Waals surface area contributed by atoms with Gasteiger partial charge < -0.3 is 4.57 Å². The lowest BCUT2D eigenvalue weighted by molar-refractivity contribution is 0.111. The second kappa shape index (κ2) is 2.71. The number of hydrogen-bond acceptors (Lipinski definition) is 4. The molecular weight excluding hydrogens is 180 g/mol. The molecule has 0 saturated carbocycles. The number of imidazole rings is 1. The van der Waals surface area contributed by atoms with E-state index in [-0.39, 0.29) is 10.9 Å². The first-order valence-electron chi connectivity index (χ1n) is 3.13. The summed E-state index contributed by atoms with van der Waals surface area (Å²) in [5.41, 5.74) is 0.246. The highest BCUT2D eigenvalue weighted by Crippen LogP contribution is 2.06. The molecule has 1 aromatic heterocycles. The third-order valence-electron chi connectivity index (χ3n) is 1.43. The molecule has 0 amide bonds. The molecule has 5 nitrogen and oxygen atoms in total. The van der Waals surface area contributed by atoms with Crippen molar-refractivity contribution < 1.29 is 13.2 Å². The molecule has 0 aliphatic heterocycles. The van der Waals surface area contributed by atoms with Crippen molar-refractivity contribution in [3.8, 4) is 0 Å².